The highest BCUT2D eigenvalue weighted by atomic mass is 16.4. The molecule has 1 aromatic heterocycles. The van der Waals surface area contributed by atoms with Crippen LogP contribution in [0.4, 0.5) is 0 Å². The van der Waals surface area contributed by atoms with Crippen LogP contribution >= 0.6 is 0 Å². The van der Waals surface area contributed by atoms with E-state index in [1.165, 1.54) is 34.7 Å². The number of carbonyl (C=O) groups is 1. The highest BCUT2D eigenvalue weighted by Gasteiger charge is 2.42. The molecule has 1 aliphatic rings. The molecule has 2 aromatic rings. The molecule has 0 radical (unpaired) electrons. The van der Waals surface area contributed by atoms with E-state index < -0.39 is 5.97 Å². The summed E-state index contributed by atoms with van der Waals surface area (Å²) in [6.07, 6.45) is 1.79. The van der Waals surface area contributed by atoms with Crippen molar-refractivity contribution in [2.75, 3.05) is 0 Å². The van der Waals surface area contributed by atoms with Crippen LogP contribution in [0.1, 0.15) is 79.6 Å². The van der Waals surface area contributed by atoms with Gasteiger partial charge in [-0.2, -0.15) is 0 Å². The van der Waals surface area contributed by atoms with Crippen LogP contribution in [-0.4, -0.2) is 11.1 Å². The van der Waals surface area contributed by atoms with E-state index in [0.717, 1.165) is 0 Å². The molecular formula is C22H28O3. The lowest BCUT2D eigenvalue weighted by Gasteiger charge is -2.47. The molecule has 1 aromatic carbocycles. The second kappa shape index (κ2) is 5.76. The molecule has 3 rings (SSSR count). The summed E-state index contributed by atoms with van der Waals surface area (Å²) in [5.41, 5.74) is 5.62. The van der Waals surface area contributed by atoms with Gasteiger partial charge in [0.15, 0.2) is 0 Å². The van der Waals surface area contributed by atoms with Gasteiger partial charge >= 0.3 is 5.97 Å². The Morgan fingerprint density at radius 2 is 1.88 bits per heavy atom. The van der Waals surface area contributed by atoms with E-state index in [0.29, 0.717) is 18.1 Å². The molecule has 0 saturated carbocycles. The van der Waals surface area contributed by atoms with Gasteiger partial charge in [-0.25, -0.2) is 4.79 Å². The number of fused-ring (bicyclic) bond motifs is 1. The Bertz CT molecular complexity index is 824. The van der Waals surface area contributed by atoms with Crippen molar-refractivity contribution in [3.05, 3.63) is 58.0 Å². The SMILES string of the molecule is Cc1cc2c(cc1Cc1ccc(C(=O)O)o1)C(C)(C)CC(C)C2(C)C. The van der Waals surface area contributed by atoms with Crippen LogP contribution in [-0.2, 0) is 17.3 Å². The minimum Gasteiger partial charge on any atom is -0.475 e. The predicted molar refractivity (Wildman–Crippen MR) is 99.5 cm³/mol. The molecule has 0 amide bonds. The highest BCUT2D eigenvalue weighted by Crippen LogP contribution is 2.49. The average Bonchev–Trinajstić information content (AvgIpc) is 2.95. The van der Waals surface area contributed by atoms with Gasteiger partial charge in [-0.3, -0.25) is 0 Å². The maximum atomic E-state index is 11.0. The minimum absolute atomic E-state index is 0.000834. The summed E-state index contributed by atoms with van der Waals surface area (Å²) in [5, 5.41) is 9.03. The Hall–Kier alpha value is -2.03. The van der Waals surface area contributed by atoms with Crippen molar-refractivity contribution < 1.29 is 14.3 Å². The first-order chi connectivity index (χ1) is 11.5. The third-order valence-electron chi connectivity index (χ3n) is 6.19. The molecule has 134 valence electrons. The van der Waals surface area contributed by atoms with Crippen molar-refractivity contribution in [1.82, 2.24) is 0 Å². The molecule has 1 unspecified atom stereocenters. The van der Waals surface area contributed by atoms with Crippen LogP contribution in [0.3, 0.4) is 0 Å². The molecule has 0 bridgehead atoms. The number of carboxylic acid groups (broad SMARTS) is 1. The fourth-order valence-electron chi connectivity index (χ4n) is 4.21. The number of benzene rings is 1. The highest BCUT2D eigenvalue weighted by molar-refractivity contribution is 5.84. The van der Waals surface area contributed by atoms with E-state index in [9.17, 15) is 4.79 Å². The van der Waals surface area contributed by atoms with Crippen LogP contribution in [0.15, 0.2) is 28.7 Å². The predicted octanol–water partition coefficient (Wildman–Crippen LogP) is 5.47. The Kier molecular flexibility index (Phi) is 4.09. The molecule has 1 N–H and O–H groups in total. The standard InChI is InChI=1S/C22H28O3/c1-13-9-18-17(21(3,4)12-14(2)22(18,5)6)11-15(13)10-16-7-8-19(25-16)20(23)24/h7-9,11,14H,10,12H2,1-6H3,(H,23,24). The second-order valence-corrected chi connectivity index (χ2v) is 8.78. The van der Waals surface area contributed by atoms with Gasteiger partial charge in [-0.15, -0.1) is 0 Å². The minimum atomic E-state index is -1.02. The fraction of sp³-hybridized carbons (Fsp3) is 0.500. The number of furan rings is 1. The van der Waals surface area contributed by atoms with Crippen LogP contribution in [0.5, 0.6) is 0 Å². The van der Waals surface area contributed by atoms with E-state index in [1.54, 1.807) is 6.07 Å². The van der Waals surface area contributed by atoms with E-state index in [-0.39, 0.29) is 16.6 Å². The number of aromatic carboxylic acids is 1. The normalized spacial score (nSPS) is 21.0. The van der Waals surface area contributed by atoms with Gasteiger partial charge in [-0.1, -0.05) is 46.8 Å². The van der Waals surface area contributed by atoms with Crippen molar-refractivity contribution in [2.45, 2.75) is 65.2 Å². The Morgan fingerprint density at radius 3 is 2.48 bits per heavy atom. The van der Waals surface area contributed by atoms with Crippen molar-refractivity contribution in [1.29, 1.82) is 0 Å². The molecule has 3 heteroatoms. The number of hydrogen-bond donors (Lipinski definition) is 1. The van der Waals surface area contributed by atoms with Gasteiger partial charge < -0.3 is 9.52 Å². The van der Waals surface area contributed by atoms with Crippen molar-refractivity contribution in [3.63, 3.8) is 0 Å². The number of carboxylic acids is 1. The summed E-state index contributed by atoms with van der Waals surface area (Å²) in [6, 6.07) is 7.95. The van der Waals surface area contributed by atoms with Gasteiger partial charge in [0.05, 0.1) is 0 Å². The van der Waals surface area contributed by atoms with Gasteiger partial charge in [0, 0.05) is 6.42 Å². The summed E-state index contributed by atoms with van der Waals surface area (Å²) in [7, 11) is 0. The number of hydrogen-bond acceptors (Lipinski definition) is 2. The molecule has 1 aliphatic carbocycles. The molecule has 3 nitrogen and oxygen atoms in total. The topological polar surface area (TPSA) is 50.4 Å². The smallest absolute Gasteiger partial charge is 0.371 e. The van der Waals surface area contributed by atoms with Crippen LogP contribution in [0.2, 0.25) is 0 Å². The second-order valence-electron chi connectivity index (χ2n) is 8.78. The number of rotatable bonds is 3. The zero-order valence-electron chi connectivity index (χ0n) is 16.1. The summed E-state index contributed by atoms with van der Waals surface area (Å²) in [6.45, 7) is 13.8. The van der Waals surface area contributed by atoms with Crippen LogP contribution in [0, 0.1) is 12.8 Å². The maximum Gasteiger partial charge on any atom is 0.371 e. The third kappa shape index (κ3) is 3.01. The van der Waals surface area contributed by atoms with Gasteiger partial charge in [0.2, 0.25) is 5.76 Å². The quantitative estimate of drug-likeness (QED) is 0.806. The van der Waals surface area contributed by atoms with Crippen LogP contribution < -0.4 is 0 Å². The molecule has 1 heterocycles. The van der Waals surface area contributed by atoms with Gasteiger partial charge in [-0.05, 0) is 64.5 Å². The Balaban J connectivity index is 2.04. The number of aryl methyl sites for hydroxylation is 1. The van der Waals surface area contributed by atoms with E-state index >= 15 is 0 Å². The lowest BCUT2D eigenvalue weighted by Crippen LogP contribution is -2.40. The molecule has 25 heavy (non-hydrogen) atoms. The molecule has 0 spiro atoms. The monoisotopic (exact) mass is 340 g/mol. The van der Waals surface area contributed by atoms with Crippen molar-refractivity contribution >= 4 is 5.97 Å². The molecule has 1 atom stereocenters. The molecule has 0 saturated heterocycles. The summed E-state index contributed by atoms with van der Waals surface area (Å²) >= 11 is 0. The van der Waals surface area contributed by atoms with E-state index in [1.807, 2.05) is 0 Å². The summed E-state index contributed by atoms with van der Waals surface area (Å²) < 4.78 is 5.46. The first-order valence-electron chi connectivity index (χ1n) is 8.99. The first kappa shape index (κ1) is 17.8. The summed E-state index contributed by atoms with van der Waals surface area (Å²) in [5.74, 6) is 0.302. The zero-order valence-corrected chi connectivity index (χ0v) is 16.1. The largest absolute Gasteiger partial charge is 0.475 e. The Labute approximate surface area is 150 Å². The maximum absolute atomic E-state index is 11.0. The molecular weight excluding hydrogens is 312 g/mol. The van der Waals surface area contributed by atoms with Crippen LogP contribution in [0.25, 0.3) is 0 Å². The lowest BCUT2D eigenvalue weighted by atomic mass is 9.58. The van der Waals surface area contributed by atoms with Gasteiger partial charge in [0.1, 0.15) is 5.76 Å². The lowest BCUT2D eigenvalue weighted by molar-refractivity contribution is 0.0660. The third-order valence-corrected chi connectivity index (χ3v) is 6.19. The van der Waals surface area contributed by atoms with Crippen molar-refractivity contribution in [2.24, 2.45) is 5.92 Å². The van der Waals surface area contributed by atoms with Gasteiger partial charge in [0.25, 0.3) is 0 Å². The first-order valence-corrected chi connectivity index (χ1v) is 8.99. The van der Waals surface area contributed by atoms with E-state index in [2.05, 4.69) is 53.7 Å². The molecule has 0 fully saturated rings. The fourth-order valence-corrected chi connectivity index (χ4v) is 4.21. The van der Waals surface area contributed by atoms with Crippen molar-refractivity contribution in [3.8, 4) is 0 Å². The zero-order chi connectivity index (χ0) is 18.6. The Morgan fingerprint density at radius 1 is 1.20 bits per heavy atom. The summed E-state index contributed by atoms with van der Waals surface area (Å²) in [4.78, 5) is 11.0. The van der Waals surface area contributed by atoms with E-state index in [4.69, 9.17) is 9.52 Å². The average molecular weight is 340 g/mol. The molecule has 0 aliphatic heterocycles.